The largest absolute Gasteiger partial charge is 0.469 e. The normalized spacial score (nSPS) is 25.3. The van der Waals surface area contributed by atoms with Gasteiger partial charge in [0.25, 0.3) is 0 Å². The number of ketones is 1. The highest BCUT2D eigenvalue weighted by molar-refractivity contribution is 7.11. The molecule has 24 heavy (non-hydrogen) atoms. The van der Waals surface area contributed by atoms with Gasteiger partial charge in [0.2, 0.25) is 0 Å². The van der Waals surface area contributed by atoms with Crippen molar-refractivity contribution in [3.05, 3.63) is 15.6 Å². The van der Waals surface area contributed by atoms with E-state index in [9.17, 15) is 14.4 Å². The summed E-state index contributed by atoms with van der Waals surface area (Å²) < 4.78 is 9.34. The molecule has 3 rings (SSSR count). The molecule has 2 aliphatic carbocycles. The number of nitrogens with zero attached hydrogens (tertiary/aromatic N) is 1. The lowest BCUT2D eigenvalue weighted by Gasteiger charge is -2.31. The smallest absolute Gasteiger partial charge is 0.313 e. The number of hydrogen-bond acceptors (Lipinski definition) is 7. The molecule has 130 valence electrons. The lowest BCUT2D eigenvalue weighted by molar-refractivity contribution is -0.149. The van der Waals surface area contributed by atoms with Gasteiger partial charge in [-0.3, -0.25) is 14.4 Å². The van der Waals surface area contributed by atoms with Gasteiger partial charge in [0, 0.05) is 16.7 Å². The Bertz CT molecular complexity index is 662. The first-order valence-electron chi connectivity index (χ1n) is 8.17. The first-order valence-corrected chi connectivity index (χ1v) is 8.99. The SMILES string of the molecule is COC(=O)CC(=O)C1CCc2nc([C@H]3C[C@H](C(=O)OC)C3)sc2C1. The molecule has 0 aromatic carbocycles. The van der Waals surface area contributed by atoms with Gasteiger partial charge >= 0.3 is 11.9 Å². The molecule has 1 heterocycles. The monoisotopic (exact) mass is 351 g/mol. The van der Waals surface area contributed by atoms with Gasteiger partial charge in [0.05, 0.1) is 30.8 Å². The lowest BCUT2D eigenvalue weighted by atomic mass is 9.75. The van der Waals surface area contributed by atoms with Gasteiger partial charge in [0.15, 0.2) is 0 Å². The Morgan fingerprint density at radius 2 is 1.92 bits per heavy atom. The summed E-state index contributed by atoms with van der Waals surface area (Å²) in [5.74, 6) is -0.449. The Balaban J connectivity index is 1.60. The van der Waals surface area contributed by atoms with Crippen LogP contribution in [-0.2, 0) is 36.7 Å². The lowest BCUT2D eigenvalue weighted by Crippen LogP contribution is -2.29. The van der Waals surface area contributed by atoms with Crippen LogP contribution in [0.3, 0.4) is 0 Å². The van der Waals surface area contributed by atoms with Gasteiger partial charge in [-0.1, -0.05) is 0 Å². The minimum atomic E-state index is -0.473. The number of fused-ring (bicyclic) bond motifs is 1. The van der Waals surface area contributed by atoms with E-state index in [0.29, 0.717) is 12.3 Å². The van der Waals surface area contributed by atoms with E-state index in [0.717, 1.165) is 41.3 Å². The van der Waals surface area contributed by atoms with Crippen LogP contribution < -0.4 is 0 Å². The van der Waals surface area contributed by atoms with Crippen LogP contribution in [0.2, 0.25) is 0 Å². The van der Waals surface area contributed by atoms with Gasteiger partial charge in [-0.2, -0.15) is 0 Å². The second-order valence-electron chi connectivity index (χ2n) is 6.47. The van der Waals surface area contributed by atoms with E-state index in [1.807, 2.05) is 0 Å². The summed E-state index contributed by atoms with van der Waals surface area (Å²) in [6.45, 7) is 0. The van der Waals surface area contributed by atoms with Crippen molar-refractivity contribution in [2.45, 2.75) is 44.4 Å². The van der Waals surface area contributed by atoms with Crippen LogP contribution in [0.1, 0.15) is 47.2 Å². The summed E-state index contributed by atoms with van der Waals surface area (Å²) in [7, 11) is 2.72. The molecule has 7 heteroatoms. The summed E-state index contributed by atoms with van der Waals surface area (Å²) in [5, 5.41) is 1.07. The molecule has 1 fully saturated rings. The van der Waals surface area contributed by atoms with Gasteiger partial charge in [-0.25, -0.2) is 4.98 Å². The zero-order valence-corrected chi connectivity index (χ0v) is 14.7. The fraction of sp³-hybridized carbons (Fsp3) is 0.647. The fourth-order valence-corrected chi connectivity index (χ4v) is 4.70. The summed E-state index contributed by atoms with van der Waals surface area (Å²) >= 11 is 1.65. The highest BCUT2D eigenvalue weighted by Crippen LogP contribution is 2.45. The van der Waals surface area contributed by atoms with Crippen molar-refractivity contribution in [3.63, 3.8) is 0 Å². The van der Waals surface area contributed by atoms with Crippen molar-refractivity contribution in [1.29, 1.82) is 0 Å². The van der Waals surface area contributed by atoms with Gasteiger partial charge in [0.1, 0.15) is 12.2 Å². The molecule has 0 aliphatic heterocycles. The summed E-state index contributed by atoms with van der Waals surface area (Å²) in [6, 6.07) is 0. The van der Waals surface area contributed by atoms with E-state index < -0.39 is 5.97 Å². The molecule has 0 amide bonds. The number of ether oxygens (including phenoxy) is 2. The third-order valence-electron chi connectivity index (χ3n) is 4.98. The number of rotatable bonds is 5. The predicted octanol–water partition coefficient (Wildman–Crippen LogP) is 2.05. The maximum atomic E-state index is 12.2. The quantitative estimate of drug-likeness (QED) is 0.596. The average Bonchev–Trinajstić information content (AvgIpc) is 2.95. The molecule has 0 radical (unpaired) electrons. The van der Waals surface area contributed by atoms with Crippen molar-refractivity contribution in [2.24, 2.45) is 11.8 Å². The first-order chi connectivity index (χ1) is 11.5. The van der Waals surface area contributed by atoms with Crippen LogP contribution in [0.4, 0.5) is 0 Å². The van der Waals surface area contributed by atoms with E-state index in [1.54, 1.807) is 11.3 Å². The molecule has 0 spiro atoms. The third-order valence-corrected chi connectivity index (χ3v) is 6.26. The minimum absolute atomic E-state index is 0.00434. The number of esters is 2. The van der Waals surface area contributed by atoms with Crippen LogP contribution in [0, 0.1) is 11.8 Å². The molecule has 1 unspecified atom stereocenters. The summed E-state index contributed by atoms with van der Waals surface area (Å²) in [5.41, 5.74) is 1.08. The Morgan fingerprint density at radius 3 is 2.58 bits per heavy atom. The highest BCUT2D eigenvalue weighted by atomic mass is 32.1. The standard InChI is InChI=1S/C17H21NO5S/c1-22-15(20)8-13(19)9-3-4-12-14(7-9)24-16(18-12)10-5-11(6-10)17(21)23-2/h9-11H,3-8H2,1-2H3/t9?,10-,11-. The van der Waals surface area contributed by atoms with Crippen molar-refractivity contribution in [1.82, 2.24) is 4.98 Å². The van der Waals surface area contributed by atoms with Crippen LogP contribution in [0.25, 0.3) is 0 Å². The van der Waals surface area contributed by atoms with Crippen molar-refractivity contribution >= 4 is 29.1 Å². The highest BCUT2D eigenvalue weighted by Gasteiger charge is 2.39. The molecule has 1 aromatic heterocycles. The molecule has 2 aliphatic rings. The molecule has 6 nitrogen and oxygen atoms in total. The number of Topliss-reactive ketones (excluding diaryl/α,β-unsaturated/α-hetero) is 1. The van der Waals surface area contributed by atoms with Crippen LogP contribution >= 0.6 is 11.3 Å². The number of hydrogen-bond donors (Lipinski definition) is 0. The number of thiazole rings is 1. The Kier molecular flexibility index (Phi) is 4.99. The Hall–Kier alpha value is -1.76. The number of methoxy groups -OCH3 is 2. The second kappa shape index (κ2) is 7.01. The maximum Gasteiger partial charge on any atom is 0.313 e. The summed E-state index contributed by atoms with van der Waals surface area (Å²) in [6.07, 6.45) is 3.62. The molecule has 1 aromatic rings. The van der Waals surface area contributed by atoms with E-state index in [1.165, 1.54) is 14.2 Å². The van der Waals surface area contributed by atoms with Crippen molar-refractivity contribution in [2.75, 3.05) is 14.2 Å². The van der Waals surface area contributed by atoms with Crippen molar-refractivity contribution < 1.29 is 23.9 Å². The Morgan fingerprint density at radius 1 is 1.17 bits per heavy atom. The van der Waals surface area contributed by atoms with Gasteiger partial charge < -0.3 is 9.47 Å². The van der Waals surface area contributed by atoms with E-state index >= 15 is 0 Å². The zero-order valence-electron chi connectivity index (χ0n) is 13.9. The van der Waals surface area contributed by atoms with Gasteiger partial charge in [-0.15, -0.1) is 11.3 Å². The molecule has 1 saturated carbocycles. The predicted molar refractivity (Wildman–Crippen MR) is 86.8 cm³/mol. The Labute approximate surface area is 144 Å². The zero-order chi connectivity index (χ0) is 17.3. The van der Waals surface area contributed by atoms with Crippen LogP contribution in [-0.4, -0.2) is 36.9 Å². The third kappa shape index (κ3) is 3.36. The molecule has 0 N–H and O–H groups in total. The topological polar surface area (TPSA) is 82.6 Å². The minimum Gasteiger partial charge on any atom is -0.469 e. The molecular formula is C17H21NO5S. The number of aryl methyl sites for hydroxylation is 1. The number of carbonyl (C=O) groups excluding carboxylic acids is 3. The van der Waals surface area contributed by atoms with E-state index in [2.05, 4.69) is 4.74 Å². The van der Waals surface area contributed by atoms with Crippen LogP contribution in [0.15, 0.2) is 0 Å². The number of aromatic nitrogens is 1. The van der Waals surface area contributed by atoms with Crippen LogP contribution in [0.5, 0.6) is 0 Å². The molecule has 1 atom stereocenters. The first kappa shape index (κ1) is 17.1. The van der Waals surface area contributed by atoms with Crippen molar-refractivity contribution in [3.8, 4) is 0 Å². The average molecular weight is 351 g/mol. The molecule has 0 bridgehead atoms. The molecular weight excluding hydrogens is 330 g/mol. The number of carbonyl (C=O) groups is 3. The second-order valence-corrected chi connectivity index (χ2v) is 7.58. The molecule has 0 saturated heterocycles. The van der Waals surface area contributed by atoms with Gasteiger partial charge in [-0.05, 0) is 32.1 Å². The fourth-order valence-electron chi connectivity index (χ4n) is 3.38. The summed E-state index contributed by atoms with van der Waals surface area (Å²) in [4.78, 5) is 40.8. The van der Waals surface area contributed by atoms with E-state index in [-0.39, 0.29) is 30.0 Å². The van der Waals surface area contributed by atoms with E-state index in [4.69, 9.17) is 9.72 Å². The maximum absolute atomic E-state index is 12.2.